The van der Waals surface area contributed by atoms with Crippen LogP contribution in [0.4, 0.5) is 10.5 Å². The van der Waals surface area contributed by atoms with Crippen LogP contribution in [0.3, 0.4) is 0 Å². The first-order chi connectivity index (χ1) is 13.5. The second kappa shape index (κ2) is 11.1. The van der Waals surface area contributed by atoms with E-state index in [2.05, 4.69) is 12.2 Å². The maximum absolute atomic E-state index is 12.4. The SMILES string of the molecule is CCCCCCNC(=O)N(C)c1cccc(-c2ccc(CCC(=O)O)cc2)c1. The van der Waals surface area contributed by atoms with E-state index in [0.29, 0.717) is 13.0 Å². The lowest BCUT2D eigenvalue weighted by Crippen LogP contribution is -2.37. The molecule has 0 heterocycles. The molecule has 0 unspecified atom stereocenters. The Kier molecular flexibility index (Phi) is 8.53. The number of carboxylic acid groups (broad SMARTS) is 1. The van der Waals surface area contributed by atoms with Gasteiger partial charge in [0.25, 0.3) is 0 Å². The van der Waals surface area contributed by atoms with Gasteiger partial charge in [-0.25, -0.2) is 4.79 Å². The zero-order chi connectivity index (χ0) is 20.4. The summed E-state index contributed by atoms with van der Waals surface area (Å²) in [6, 6.07) is 15.6. The van der Waals surface area contributed by atoms with Crippen LogP contribution in [0.1, 0.15) is 44.6 Å². The predicted octanol–water partition coefficient (Wildman–Crippen LogP) is 5.10. The van der Waals surface area contributed by atoms with Crippen LogP contribution in [0.2, 0.25) is 0 Å². The summed E-state index contributed by atoms with van der Waals surface area (Å²) in [5, 5.41) is 11.8. The van der Waals surface area contributed by atoms with Crippen molar-refractivity contribution in [2.75, 3.05) is 18.5 Å². The molecule has 0 bridgehead atoms. The van der Waals surface area contributed by atoms with Crippen LogP contribution in [0.15, 0.2) is 48.5 Å². The van der Waals surface area contributed by atoms with Crippen LogP contribution < -0.4 is 10.2 Å². The number of nitrogens with zero attached hydrogens (tertiary/aromatic N) is 1. The number of hydrogen-bond acceptors (Lipinski definition) is 2. The lowest BCUT2D eigenvalue weighted by Gasteiger charge is -2.19. The molecule has 0 aliphatic carbocycles. The van der Waals surface area contributed by atoms with Crippen molar-refractivity contribution in [1.29, 1.82) is 0 Å². The van der Waals surface area contributed by atoms with Crippen molar-refractivity contribution in [1.82, 2.24) is 5.32 Å². The van der Waals surface area contributed by atoms with Gasteiger partial charge in [0.15, 0.2) is 0 Å². The van der Waals surface area contributed by atoms with Crippen molar-refractivity contribution in [2.24, 2.45) is 0 Å². The molecule has 2 rings (SSSR count). The van der Waals surface area contributed by atoms with Crippen molar-refractivity contribution in [3.05, 3.63) is 54.1 Å². The lowest BCUT2D eigenvalue weighted by atomic mass is 10.0. The van der Waals surface area contributed by atoms with E-state index in [-0.39, 0.29) is 12.5 Å². The molecule has 0 spiro atoms. The first-order valence-corrected chi connectivity index (χ1v) is 9.94. The molecule has 2 amide bonds. The Hall–Kier alpha value is -2.82. The van der Waals surface area contributed by atoms with Gasteiger partial charge in [0.1, 0.15) is 0 Å². The molecule has 0 aliphatic rings. The highest BCUT2D eigenvalue weighted by Gasteiger charge is 2.11. The van der Waals surface area contributed by atoms with Crippen LogP contribution in [0, 0.1) is 0 Å². The number of carbonyl (C=O) groups is 2. The van der Waals surface area contributed by atoms with Gasteiger partial charge in [-0.15, -0.1) is 0 Å². The minimum absolute atomic E-state index is 0.0994. The summed E-state index contributed by atoms with van der Waals surface area (Å²) in [6.07, 6.45) is 5.17. The zero-order valence-corrected chi connectivity index (χ0v) is 16.8. The summed E-state index contributed by atoms with van der Waals surface area (Å²) in [4.78, 5) is 24.7. The first kappa shape index (κ1) is 21.5. The maximum atomic E-state index is 12.4. The lowest BCUT2D eigenvalue weighted by molar-refractivity contribution is -0.136. The monoisotopic (exact) mass is 382 g/mol. The molecular formula is C23H30N2O3. The smallest absolute Gasteiger partial charge is 0.321 e. The standard InChI is InChI=1S/C23H30N2O3/c1-3-4-5-6-16-24-23(28)25(2)21-9-7-8-20(17-21)19-13-10-18(11-14-19)12-15-22(26)27/h7-11,13-14,17H,3-6,12,15-16H2,1-2H3,(H,24,28)(H,26,27). The Balaban J connectivity index is 1.98. The molecule has 0 radical (unpaired) electrons. The van der Waals surface area contributed by atoms with E-state index < -0.39 is 5.97 Å². The van der Waals surface area contributed by atoms with Crippen LogP contribution >= 0.6 is 0 Å². The Labute approximate surface area is 167 Å². The molecule has 0 atom stereocenters. The summed E-state index contributed by atoms with van der Waals surface area (Å²) in [6.45, 7) is 2.86. The van der Waals surface area contributed by atoms with Gasteiger partial charge in [-0.1, -0.05) is 62.6 Å². The fourth-order valence-electron chi connectivity index (χ4n) is 2.99. The van der Waals surface area contributed by atoms with Crippen LogP contribution in [-0.4, -0.2) is 30.7 Å². The first-order valence-electron chi connectivity index (χ1n) is 9.94. The number of carbonyl (C=O) groups excluding carboxylic acids is 1. The molecule has 0 fully saturated rings. The number of nitrogens with one attached hydrogen (secondary N) is 1. The highest BCUT2D eigenvalue weighted by atomic mass is 16.4. The van der Waals surface area contributed by atoms with Crippen molar-refractivity contribution in [3.8, 4) is 11.1 Å². The second-order valence-electron chi connectivity index (χ2n) is 6.99. The van der Waals surface area contributed by atoms with Gasteiger partial charge in [-0.05, 0) is 41.7 Å². The average molecular weight is 383 g/mol. The zero-order valence-electron chi connectivity index (χ0n) is 16.8. The van der Waals surface area contributed by atoms with Crippen LogP contribution in [0.5, 0.6) is 0 Å². The topological polar surface area (TPSA) is 69.6 Å². The Bertz CT molecular complexity index is 772. The Morgan fingerprint density at radius 1 is 1.00 bits per heavy atom. The van der Waals surface area contributed by atoms with Crippen molar-refractivity contribution < 1.29 is 14.7 Å². The minimum atomic E-state index is -0.788. The molecule has 2 N–H and O–H groups in total. The highest BCUT2D eigenvalue weighted by Crippen LogP contribution is 2.25. The van der Waals surface area contributed by atoms with E-state index in [1.165, 1.54) is 12.8 Å². The Morgan fingerprint density at radius 3 is 2.43 bits per heavy atom. The third kappa shape index (κ3) is 6.72. The summed E-state index contributed by atoms with van der Waals surface area (Å²) >= 11 is 0. The molecule has 0 saturated heterocycles. The normalized spacial score (nSPS) is 10.5. The molecular weight excluding hydrogens is 352 g/mol. The van der Waals surface area contributed by atoms with Gasteiger partial charge in [0, 0.05) is 25.7 Å². The summed E-state index contributed by atoms with van der Waals surface area (Å²) < 4.78 is 0. The number of anilines is 1. The molecule has 0 aliphatic heterocycles. The number of benzene rings is 2. The fourth-order valence-corrected chi connectivity index (χ4v) is 2.99. The van der Waals surface area contributed by atoms with Gasteiger partial charge in [0.05, 0.1) is 0 Å². The van der Waals surface area contributed by atoms with Gasteiger partial charge in [0.2, 0.25) is 0 Å². The van der Waals surface area contributed by atoms with E-state index in [9.17, 15) is 9.59 Å². The summed E-state index contributed by atoms with van der Waals surface area (Å²) in [7, 11) is 1.77. The number of aliphatic carboxylic acids is 1. The second-order valence-corrected chi connectivity index (χ2v) is 6.99. The van der Waals surface area contributed by atoms with Gasteiger partial charge >= 0.3 is 12.0 Å². The number of urea groups is 1. The number of unbranched alkanes of at least 4 members (excludes halogenated alkanes) is 3. The molecule has 150 valence electrons. The average Bonchev–Trinajstić information content (AvgIpc) is 2.72. The number of hydrogen-bond donors (Lipinski definition) is 2. The largest absolute Gasteiger partial charge is 0.481 e. The van der Waals surface area contributed by atoms with E-state index in [1.807, 2.05) is 48.5 Å². The molecule has 2 aromatic carbocycles. The number of rotatable bonds is 10. The van der Waals surface area contributed by atoms with Gasteiger partial charge in [-0.2, -0.15) is 0 Å². The Morgan fingerprint density at radius 2 is 1.75 bits per heavy atom. The fraction of sp³-hybridized carbons (Fsp3) is 0.391. The van der Waals surface area contributed by atoms with E-state index >= 15 is 0 Å². The van der Waals surface area contributed by atoms with Gasteiger partial charge < -0.3 is 10.4 Å². The third-order valence-corrected chi connectivity index (χ3v) is 4.76. The molecule has 0 aromatic heterocycles. The third-order valence-electron chi connectivity index (χ3n) is 4.76. The summed E-state index contributed by atoms with van der Waals surface area (Å²) in [5.74, 6) is -0.788. The molecule has 2 aromatic rings. The predicted molar refractivity (Wildman–Crippen MR) is 114 cm³/mol. The van der Waals surface area contributed by atoms with E-state index in [4.69, 9.17) is 5.11 Å². The molecule has 5 nitrogen and oxygen atoms in total. The van der Waals surface area contributed by atoms with E-state index in [0.717, 1.165) is 35.2 Å². The van der Waals surface area contributed by atoms with Crippen molar-refractivity contribution in [3.63, 3.8) is 0 Å². The minimum Gasteiger partial charge on any atom is -0.481 e. The number of carboxylic acids is 1. The number of amides is 2. The van der Waals surface area contributed by atoms with Crippen LogP contribution in [-0.2, 0) is 11.2 Å². The highest BCUT2D eigenvalue weighted by molar-refractivity contribution is 5.92. The maximum Gasteiger partial charge on any atom is 0.321 e. The molecule has 28 heavy (non-hydrogen) atoms. The summed E-state index contributed by atoms with van der Waals surface area (Å²) in [5.41, 5.74) is 3.89. The van der Waals surface area contributed by atoms with E-state index in [1.54, 1.807) is 11.9 Å². The molecule has 5 heteroatoms. The van der Waals surface area contributed by atoms with Crippen LogP contribution in [0.25, 0.3) is 11.1 Å². The van der Waals surface area contributed by atoms with Crippen molar-refractivity contribution >= 4 is 17.7 Å². The quantitative estimate of drug-likeness (QED) is 0.562. The molecule has 0 saturated carbocycles. The number of aryl methyl sites for hydroxylation is 1. The van der Waals surface area contributed by atoms with Gasteiger partial charge in [-0.3, -0.25) is 9.69 Å². The van der Waals surface area contributed by atoms with Crippen molar-refractivity contribution in [2.45, 2.75) is 45.4 Å².